The molecule has 0 saturated heterocycles. The van der Waals surface area contributed by atoms with Crippen molar-refractivity contribution in [1.29, 1.82) is 0 Å². The fraction of sp³-hybridized carbons (Fsp3) is 0.333. The Kier molecular flexibility index (Phi) is 15.5. The van der Waals surface area contributed by atoms with Gasteiger partial charge in [0, 0.05) is 0 Å². The van der Waals surface area contributed by atoms with Gasteiger partial charge in [-0.15, -0.1) is 29.7 Å². The number of rotatable bonds is 3. The van der Waals surface area contributed by atoms with Crippen molar-refractivity contribution < 1.29 is 52.3 Å². The summed E-state index contributed by atoms with van der Waals surface area (Å²) < 4.78 is 6.25. The average Bonchev–Trinajstić information content (AvgIpc) is 3.17. The van der Waals surface area contributed by atoms with Crippen LogP contribution in [0.1, 0.15) is 0 Å². The molecule has 0 aromatic heterocycles. The van der Waals surface area contributed by atoms with Gasteiger partial charge in [0.1, 0.15) is 8.32 Å². The summed E-state index contributed by atoms with van der Waals surface area (Å²) in [4.78, 5) is 0. The number of hydrogen-bond acceptors (Lipinski definition) is 1. The summed E-state index contributed by atoms with van der Waals surface area (Å²) in [6.45, 7) is 15.9. The second-order valence-corrected chi connectivity index (χ2v) is 26.1. The average molecular weight is 547 g/mol. The fourth-order valence-corrected chi connectivity index (χ4v) is 10.3. The summed E-state index contributed by atoms with van der Waals surface area (Å²) in [5.41, 5.74) is 0.210. The molecule has 0 aliphatic carbocycles. The van der Waals surface area contributed by atoms with Crippen LogP contribution in [0.25, 0.3) is 10.8 Å². The SMILES string of the molecule is C[Si](C)(C)O[Si](C)(C)c1cc[cH-]c1.C[Si](C)=[Zr+2].[Cl-].[Cl-].c1ccc2[cH-]ccc2c1. The molecule has 0 bridgehead atoms. The molecule has 0 aliphatic heterocycles. The van der Waals surface area contributed by atoms with Crippen molar-refractivity contribution >= 4 is 38.0 Å². The van der Waals surface area contributed by atoms with Gasteiger partial charge in [-0.05, 0) is 19.6 Å². The van der Waals surface area contributed by atoms with E-state index in [9.17, 15) is 0 Å². The Morgan fingerprint density at radius 1 is 0.893 bits per heavy atom. The molecule has 0 aliphatic rings. The van der Waals surface area contributed by atoms with E-state index in [2.05, 4.69) is 113 Å². The van der Waals surface area contributed by atoms with Crippen LogP contribution in [0.2, 0.25) is 45.8 Å². The van der Waals surface area contributed by atoms with E-state index in [1.54, 1.807) is 23.3 Å². The van der Waals surface area contributed by atoms with Crippen LogP contribution >= 0.6 is 0 Å². The van der Waals surface area contributed by atoms with E-state index in [0.717, 1.165) is 0 Å². The van der Waals surface area contributed by atoms with Crippen LogP contribution in [0.5, 0.6) is 0 Å². The van der Waals surface area contributed by atoms with Gasteiger partial charge in [-0.2, -0.15) is 40.9 Å². The first kappa shape index (κ1) is 30.4. The Balaban J connectivity index is 0. The van der Waals surface area contributed by atoms with E-state index in [0.29, 0.717) is 0 Å². The minimum Gasteiger partial charge on any atom is -1.00 e. The van der Waals surface area contributed by atoms with Crippen molar-refractivity contribution in [3.8, 4) is 0 Å². The van der Waals surface area contributed by atoms with Crippen LogP contribution in [-0.4, -0.2) is 22.1 Å². The summed E-state index contributed by atoms with van der Waals surface area (Å²) in [7, 11) is -2.99. The molecule has 0 spiro atoms. The molecule has 0 heterocycles. The molecule has 154 valence electrons. The zero-order valence-corrected chi connectivity index (χ0v) is 25.0. The van der Waals surface area contributed by atoms with E-state index in [-0.39, 0.29) is 30.2 Å². The van der Waals surface area contributed by atoms with Crippen molar-refractivity contribution in [2.45, 2.75) is 45.8 Å². The largest absolute Gasteiger partial charge is 1.00 e. The van der Waals surface area contributed by atoms with Crippen LogP contribution in [-0.2, 0) is 27.5 Å². The molecule has 0 amide bonds. The molecule has 0 saturated carbocycles. The van der Waals surface area contributed by atoms with Gasteiger partial charge in [0.15, 0.2) is 8.32 Å². The summed E-state index contributed by atoms with van der Waals surface area (Å²) in [5.74, 6) is 0. The molecule has 0 unspecified atom stereocenters. The van der Waals surface area contributed by atoms with Crippen LogP contribution in [0, 0.1) is 0 Å². The monoisotopic (exact) mass is 544 g/mol. The van der Waals surface area contributed by atoms with Crippen molar-refractivity contribution in [2.75, 3.05) is 0 Å². The molecule has 0 radical (unpaired) electrons. The summed E-state index contributed by atoms with van der Waals surface area (Å²) in [5, 5.41) is 4.07. The van der Waals surface area contributed by atoms with Crippen LogP contribution < -0.4 is 30.0 Å². The maximum atomic E-state index is 6.25. The van der Waals surface area contributed by atoms with Crippen molar-refractivity contribution in [3.63, 3.8) is 0 Å². The Morgan fingerprint density at radius 3 is 1.93 bits per heavy atom. The Hall–Kier alpha value is 0.254. The second kappa shape index (κ2) is 14.3. The van der Waals surface area contributed by atoms with Gasteiger partial charge in [-0.25, -0.2) is 6.07 Å². The molecule has 0 atom stereocenters. The molecule has 0 N–H and O–H groups in total. The molecule has 28 heavy (non-hydrogen) atoms. The molecule has 7 heteroatoms. The van der Waals surface area contributed by atoms with Gasteiger partial charge in [0.25, 0.3) is 0 Å². The molecule has 3 aromatic carbocycles. The zero-order valence-electron chi connectivity index (χ0n) is 18.0. The minimum atomic E-state index is -1.60. The van der Waals surface area contributed by atoms with Gasteiger partial charge in [0.2, 0.25) is 0 Å². The third-order valence-corrected chi connectivity index (χ3v) is 9.68. The normalized spacial score (nSPS) is 10.5. The van der Waals surface area contributed by atoms with E-state index in [1.165, 1.54) is 16.0 Å². The molecule has 0 fully saturated rings. The number of hydrogen-bond donors (Lipinski definition) is 0. The predicted octanol–water partition coefficient (Wildman–Crippen LogP) is 0.0201. The van der Waals surface area contributed by atoms with E-state index in [4.69, 9.17) is 4.12 Å². The molecule has 3 aromatic rings. The predicted molar refractivity (Wildman–Crippen MR) is 121 cm³/mol. The maximum absolute atomic E-state index is 6.25. The summed E-state index contributed by atoms with van der Waals surface area (Å²) >= 11 is 1.74. The van der Waals surface area contributed by atoms with Crippen molar-refractivity contribution in [1.82, 2.24) is 0 Å². The first-order valence-electron chi connectivity index (χ1n) is 9.06. The second-order valence-electron chi connectivity index (χ2n) is 8.05. The third kappa shape index (κ3) is 12.7. The molecular weight excluding hydrogens is 515 g/mol. The Labute approximate surface area is 201 Å². The number of halogens is 2. The van der Waals surface area contributed by atoms with Gasteiger partial charge < -0.3 is 28.9 Å². The van der Waals surface area contributed by atoms with Crippen molar-refractivity contribution in [2.24, 2.45) is 0 Å². The van der Waals surface area contributed by atoms with E-state index >= 15 is 0 Å². The van der Waals surface area contributed by atoms with Gasteiger partial charge in [-0.3, -0.25) is 0 Å². The van der Waals surface area contributed by atoms with Crippen LogP contribution in [0.4, 0.5) is 0 Å². The van der Waals surface area contributed by atoms with Gasteiger partial charge in [-0.1, -0.05) is 19.2 Å². The molecular formula is C21H32Cl2OSi3Zr-2. The Morgan fingerprint density at radius 2 is 1.46 bits per heavy atom. The Bertz CT molecular complexity index is 759. The quantitative estimate of drug-likeness (QED) is 0.333. The standard InChI is InChI=1S/C10H19OSi2.C9H7.C2H6Si.2ClH.Zr/c1-12(2,3)11-13(4,5)10-8-6-7-9-10;1-2-5-9-7-3-6-8(9)4-1;1-3-2;;;/h6-9H,1-5H3;1-7H;1-2H3;2*1H;/q2*-1;;;;+2/p-2. The van der Waals surface area contributed by atoms with Gasteiger partial charge in [0.05, 0.1) is 0 Å². The first-order valence-corrected chi connectivity index (χ1v) is 21.6. The minimum absolute atomic E-state index is 0. The van der Waals surface area contributed by atoms with E-state index < -0.39 is 16.6 Å². The van der Waals surface area contributed by atoms with Crippen LogP contribution in [0.15, 0.2) is 66.7 Å². The van der Waals surface area contributed by atoms with Crippen LogP contribution in [0.3, 0.4) is 0 Å². The number of benzene rings is 1. The molecule has 3 rings (SSSR count). The number of fused-ring (bicyclic) bond motifs is 1. The smallest absolute Gasteiger partial charge is 0.0809 e. The zero-order chi connectivity index (χ0) is 19.8. The van der Waals surface area contributed by atoms with E-state index in [1.807, 2.05) is 0 Å². The molecule has 1 nitrogen and oxygen atoms in total. The fourth-order valence-electron chi connectivity index (χ4n) is 2.67. The summed E-state index contributed by atoms with van der Waals surface area (Å²) in [6.07, 6.45) is 0. The maximum Gasteiger partial charge on any atom is -0.0809 e. The third-order valence-electron chi connectivity index (χ3n) is 3.47. The first-order chi connectivity index (χ1) is 12.0. The topological polar surface area (TPSA) is 9.23 Å². The van der Waals surface area contributed by atoms with Gasteiger partial charge >= 0.3 is 41.9 Å². The summed E-state index contributed by atoms with van der Waals surface area (Å²) in [6, 6.07) is 23.2. The van der Waals surface area contributed by atoms with Crippen molar-refractivity contribution in [3.05, 3.63) is 66.7 Å².